The molecule has 0 bridgehead atoms. The Balaban J connectivity index is 2.59. The maximum atomic E-state index is 11.1. The van der Waals surface area contributed by atoms with Gasteiger partial charge in [0.25, 0.3) is 0 Å². The number of ketones is 1. The lowest BCUT2D eigenvalue weighted by molar-refractivity contribution is -0.116. The Kier molecular flexibility index (Phi) is 3.83. The van der Waals surface area contributed by atoms with Crippen molar-refractivity contribution in [3.05, 3.63) is 21.9 Å². The van der Waals surface area contributed by atoms with Crippen molar-refractivity contribution in [2.24, 2.45) is 0 Å². The van der Waals surface area contributed by atoms with Crippen LogP contribution in [0.15, 0.2) is 11.4 Å². The SMILES string of the molecule is COC(=O)c1csc(CCC(C)=O)c1. The topological polar surface area (TPSA) is 43.4 Å². The molecule has 0 amide bonds. The first-order valence-electron chi connectivity index (χ1n) is 4.28. The van der Waals surface area contributed by atoms with Gasteiger partial charge in [-0.15, -0.1) is 11.3 Å². The maximum absolute atomic E-state index is 11.1. The van der Waals surface area contributed by atoms with Gasteiger partial charge in [0.2, 0.25) is 0 Å². The molecule has 0 fully saturated rings. The van der Waals surface area contributed by atoms with Crippen LogP contribution >= 0.6 is 11.3 Å². The van der Waals surface area contributed by atoms with Crippen molar-refractivity contribution in [2.45, 2.75) is 19.8 Å². The first-order chi connectivity index (χ1) is 6.63. The standard InChI is InChI=1S/C10H12O3S/c1-7(11)3-4-9-5-8(6-14-9)10(12)13-2/h5-6H,3-4H2,1-2H3. The van der Waals surface area contributed by atoms with Gasteiger partial charge in [0.1, 0.15) is 5.78 Å². The maximum Gasteiger partial charge on any atom is 0.338 e. The van der Waals surface area contributed by atoms with Gasteiger partial charge in [-0.2, -0.15) is 0 Å². The second-order valence-electron chi connectivity index (χ2n) is 3.00. The number of hydrogen-bond acceptors (Lipinski definition) is 4. The molecule has 3 nitrogen and oxygen atoms in total. The van der Waals surface area contributed by atoms with Crippen molar-refractivity contribution < 1.29 is 14.3 Å². The molecule has 1 heterocycles. The summed E-state index contributed by atoms with van der Waals surface area (Å²) in [5.41, 5.74) is 0.566. The molecule has 0 spiro atoms. The Hall–Kier alpha value is -1.16. The van der Waals surface area contributed by atoms with Gasteiger partial charge in [0, 0.05) is 16.7 Å². The quantitative estimate of drug-likeness (QED) is 0.717. The summed E-state index contributed by atoms with van der Waals surface area (Å²) in [6.45, 7) is 1.56. The van der Waals surface area contributed by atoms with Crippen LogP contribution in [0.1, 0.15) is 28.6 Å². The highest BCUT2D eigenvalue weighted by Gasteiger charge is 2.08. The van der Waals surface area contributed by atoms with Gasteiger partial charge in [0.15, 0.2) is 0 Å². The fourth-order valence-corrected chi connectivity index (χ4v) is 1.89. The van der Waals surface area contributed by atoms with E-state index >= 15 is 0 Å². The minimum Gasteiger partial charge on any atom is -0.465 e. The number of methoxy groups -OCH3 is 1. The predicted octanol–water partition coefficient (Wildman–Crippen LogP) is 2.06. The largest absolute Gasteiger partial charge is 0.465 e. The molecule has 0 aliphatic carbocycles. The average molecular weight is 212 g/mol. The van der Waals surface area contributed by atoms with Gasteiger partial charge >= 0.3 is 5.97 Å². The van der Waals surface area contributed by atoms with Crippen LogP contribution in [0.4, 0.5) is 0 Å². The molecule has 0 radical (unpaired) electrons. The summed E-state index contributed by atoms with van der Waals surface area (Å²) in [6.07, 6.45) is 1.23. The normalized spacial score (nSPS) is 9.86. The molecular weight excluding hydrogens is 200 g/mol. The summed E-state index contributed by atoms with van der Waals surface area (Å²) in [6, 6.07) is 1.78. The third kappa shape index (κ3) is 2.96. The van der Waals surface area contributed by atoms with E-state index < -0.39 is 0 Å². The predicted molar refractivity (Wildman–Crippen MR) is 54.7 cm³/mol. The van der Waals surface area contributed by atoms with Crippen molar-refractivity contribution >= 4 is 23.1 Å². The summed E-state index contributed by atoms with van der Waals surface area (Å²) < 4.78 is 4.58. The van der Waals surface area contributed by atoms with E-state index in [1.165, 1.54) is 18.4 Å². The fourth-order valence-electron chi connectivity index (χ4n) is 1.04. The molecule has 0 N–H and O–H groups in total. The lowest BCUT2D eigenvalue weighted by atomic mass is 10.2. The van der Waals surface area contributed by atoms with Crippen LogP contribution in [0.5, 0.6) is 0 Å². The van der Waals surface area contributed by atoms with Crippen molar-refractivity contribution in [2.75, 3.05) is 7.11 Å². The zero-order valence-corrected chi connectivity index (χ0v) is 9.02. The highest BCUT2D eigenvalue weighted by Crippen LogP contribution is 2.17. The summed E-state index contributed by atoms with van der Waals surface area (Å²) in [5.74, 6) is -0.159. The number of Topliss-reactive ketones (excluding diaryl/α,β-unsaturated/α-hetero) is 1. The first kappa shape index (κ1) is 10.9. The number of carbonyl (C=O) groups excluding carboxylic acids is 2. The van der Waals surface area contributed by atoms with Crippen molar-refractivity contribution in [3.63, 3.8) is 0 Å². The Morgan fingerprint density at radius 1 is 1.50 bits per heavy atom. The van der Waals surface area contributed by atoms with Gasteiger partial charge in [-0.3, -0.25) is 0 Å². The van der Waals surface area contributed by atoms with E-state index in [2.05, 4.69) is 4.74 Å². The highest BCUT2D eigenvalue weighted by molar-refractivity contribution is 7.10. The number of hydrogen-bond donors (Lipinski definition) is 0. The van der Waals surface area contributed by atoms with E-state index in [9.17, 15) is 9.59 Å². The first-order valence-corrected chi connectivity index (χ1v) is 5.16. The Labute approximate surface area is 86.7 Å². The minimum atomic E-state index is -0.324. The number of esters is 1. The Morgan fingerprint density at radius 3 is 2.79 bits per heavy atom. The van der Waals surface area contributed by atoms with E-state index in [0.717, 1.165) is 4.88 Å². The molecule has 0 aliphatic rings. The smallest absolute Gasteiger partial charge is 0.338 e. The molecule has 0 saturated heterocycles. The van der Waals surface area contributed by atoms with Gasteiger partial charge in [-0.1, -0.05) is 0 Å². The highest BCUT2D eigenvalue weighted by atomic mass is 32.1. The molecule has 1 aromatic heterocycles. The van der Waals surface area contributed by atoms with Crippen molar-refractivity contribution in [1.82, 2.24) is 0 Å². The van der Waals surface area contributed by atoms with Crippen LogP contribution in [-0.2, 0) is 16.0 Å². The molecule has 0 aliphatic heterocycles. The number of carbonyl (C=O) groups is 2. The number of rotatable bonds is 4. The molecule has 0 aromatic carbocycles. The third-order valence-corrected chi connectivity index (χ3v) is 2.79. The molecule has 0 atom stereocenters. The monoisotopic (exact) mass is 212 g/mol. The van der Waals surface area contributed by atoms with Gasteiger partial charge < -0.3 is 9.53 Å². The van der Waals surface area contributed by atoms with Gasteiger partial charge in [-0.25, -0.2) is 4.79 Å². The number of ether oxygens (including phenoxy) is 1. The van der Waals surface area contributed by atoms with E-state index in [1.807, 2.05) is 0 Å². The van der Waals surface area contributed by atoms with E-state index in [-0.39, 0.29) is 11.8 Å². The summed E-state index contributed by atoms with van der Waals surface area (Å²) in [4.78, 5) is 22.9. The van der Waals surface area contributed by atoms with E-state index in [1.54, 1.807) is 18.4 Å². The summed E-state index contributed by atoms with van der Waals surface area (Å²) in [7, 11) is 1.36. The number of aryl methyl sites for hydroxylation is 1. The van der Waals surface area contributed by atoms with E-state index in [4.69, 9.17) is 0 Å². The molecule has 1 rings (SSSR count). The minimum absolute atomic E-state index is 0.165. The molecule has 4 heteroatoms. The lowest BCUT2D eigenvalue weighted by Gasteiger charge is -1.93. The summed E-state index contributed by atoms with van der Waals surface area (Å²) >= 11 is 1.48. The molecular formula is C10H12O3S. The lowest BCUT2D eigenvalue weighted by Crippen LogP contribution is -1.98. The molecule has 0 unspecified atom stereocenters. The molecule has 14 heavy (non-hydrogen) atoms. The van der Waals surface area contributed by atoms with Crippen molar-refractivity contribution in [3.8, 4) is 0 Å². The van der Waals surface area contributed by atoms with Crippen LogP contribution in [0.25, 0.3) is 0 Å². The van der Waals surface area contributed by atoms with Crippen molar-refractivity contribution in [1.29, 1.82) is 0 Å². The average Bonchev–Trinajstić information content (AvgIpc) is 2.62. The summed E-state index contributed by atoms with van der Waals surface area (Å²) in [5, 5.41) is 1.75. The second-order valence-corrected chi connectivity index (χ2v) is 3.99. The molecule has 0 saturated carbocycles. The second kappa shape index (κ2) is 4.91. The number of thiophene rings is 1. The van der Waals surface area contributed by atoms with Gasteiger partial charge in [-0.05, 0) is 19.4 Å². The Bertz CT molecular complexity index is 341. The van der Waals surface area contributed by atoms with Crippen LogP contribution in [-0.4, -0.2) is 18.9 Å². The van der Waals surface area contributed by atoms with Crippen LogP contribution in [0, 0.1) is 0 Å². The van der Waals surface area contributed by atoms with E-state index in [0.29, 0.717) is 18.4 Å². The third-order valence-electron chi connectivity index (χ3n) is 1.80. The molecule has 1 aromatic rings. The molecule has 76 valence electrons. The fraction of sp³-hybridized carbons (Fsp3) is 0.400. The Morgan fingerprint density at radius 2 is 2.21 bits per heavy atom. The van der Waals surface area contributed by atoms with Gasteiger partial charge in [0.05, 0.1) is 12.7 Å². The van der Waals surface area contributed by atoms with Crippen LogP contribution < -0.4 is 0 Å². The van der Waals surface area contributed by atoms with Crippen LogP contribution in [0.2, 0.25) is 0 Å². The zero-order valence-electron chi connectivity index (χ0n) is 8.20. The van der Waals surface area contributed by atoms with Crippen LogP contribution in [0.3, 0.4) is 0 Å². The zero-order chi connectivity index (χ0) is 10.6.